The monoisotopic (exact) mass is 510 g/mol. The van der Waals surface area contributed by atoms with Gasteiger partial charge in [0.05, 0.1) is 18.3 Å². The molecule has 36 heavy (non-hydrogen) atoms. The van der Waals surface area contributed by atoms with Crippen LogP contribution in [0.15, 0.2) is 0 Å². The van der Waals surface area contributed by atoms with Crippen LogP contribution in [0.4, 0.5) is 8.78 Å². The van der Waals surface area contributed by atoms with E-state index in [-0.39, 0.29) is 18.9 Å². The van der Waals surface area contributed by atoms with Gasteiger partial charge in [0.1, 0.15) is 24.4 Å². The van der Waals surface area contributed by atoms with Crippen LogP contribution in [-0.2, 0) is 38.1 Å². The molecule has 1 saturated heterocycles. The Morgan fingerprint density at radius 3 is 2.28 bits per heavy atom. The molecule has 0 radical (unpaired) electrons. The van der Waals surface area contributed by atoms with Crippen molar-refractivity contribution in [3.05, 3.63) is 0 Å². The number of halogens is 2. The SMILES string of the molecule is CC(F)(F)C(=O)OC1C2CC3C1OC(=O)C3C2C(=O)OCCC(=O)OC1(C)C2CC3CC(C2)CC1C3. The first-order valence-corrected chi connectivity index (χ1v) is 13.1. The van der Waals surface area contributed by atoms with Crippen molar-refractivity contribution >= 4 is 23.9 Å². The second kappa shape index (κ2) is 8.12. The van der Waals surface area contributed by atoms with Crippen LogP contribution < -0.4 is 0 Å². The van der Waals surface area contributed by atoms with Gasteiger partial charge in [0.25, 0.3) is 0 Å². The third kappa shape index (κ3) is 3.64. The van der Waals surface area contributed by atoms with E-state index in [9.17, 15) is 28.0 Å². The Morgan fingerprint density at radius 2 is 1.67 bits per heavy atom. The van der Waals surface area contributed by atoms with E-state index in [0.717, 1.165) is 37.5 Å². The van der Waals surface area contributed by atoms with Gasteiger partial charge in [-0.1, -0.05) is 0 Å². The fraction of sp³-hybridized carbons (Fsp3) is 0.846. The van der Waals surface area contributed by atoms with E-state index in [4.69, 9.17) is 18.9 Å². The fourth-order valence-electron chi connectivity index (χ4n) is 8.61. The predicted molar refractivity (Wildman–Crippen MR) is 116 cm³/mol. The number of carbonyl (C=O) groups excluding carboxylic acids is 4. The highest BCUT2D eigenvalue weighted by molar-refractivity contribution is 5.86. The molecule has 6 saturated carbocycles. The van der Waals surface area contributed by atoms with Crippen molar-refractivity contribution in [1.82, 2.24) is 0 Å². The molecule has 6 atom stereocenters. The summed E-state index contributed by atoms with van der Waals surface area (Å²) in [7, 11) is 0. The third-order valence-corrected chi connectivity index (χ3v) is 10.1. The van der Waals surface area contributed by atoms with Crippen molar-refractivity contribution in [2.24, 2.45) is 47.3 Å². The zero-order valence-corrected chi connectivity index (χ0v) is 20.5. The normalized spacial score (nSPS) is 45.5. The van der Waals surface area contributed by atoms with E-state index >= 15 is 0 Å². The highest BCUT2D eigenvalue weighted by Gasteiger charge is 2.70. The molecule has 0 aromatic heterocycles. The van der Waals surface area contributed by atoms with Crippen LogP contribution in [0.2, 0.25) is 0 Å². The molecule has 6 bridgehead atoms. The van der Waals surface area contributed by atoms with Crippen LogP contribution in [-0.4, -0.2) is 54.2 Å². The van der Waals surface area contributed by atoms with Crippen molar-refractivity contribution in [1.29, 1.82) is 0 Å². The summed E-state index contributed by atoms with van der Waals surface area (Å²) < 4.78 is 48.5. The fourth-order valence-corrected chi connectivity index (χ4v) is 8.61. The standard InChI is InChI=1S/C26H32F2O8/c1-25(13-6-11-5-12(8-13)9-14(25)7-11)36-17(29)3-4-33-22(30)18-15-10-16-19(18)23(31)34-20(16)21(15)35-24(32)26(2,27)28/h11-16,18-21H,3-10H2,1-2H3. The van der Waals surface area contributed by atoms with Gasteiger partial charge in [0.2, 0.25) is 0 Å². The van der Waals surface area contributed by atoms with Gasteiger partial charge in [-0.25, -0.2) is 4.79 Å². The lowest BCUT2D eigenvalue weighted by atomic mass is 9.50. The number of hydrogen-bond acceptors (Lipinski definition) is 8. The first kappa shape index (κ1) is 24.1. The Bertz CT molecular complexity index is 961. The van der Waals surface area contributed by atoms with Gasteiger partial charge in [-0.3, -0.25) is 14.4 Å². The summed E-state index contributed by atoms with van der Waals surface area (Å²) >= 11 is 0. The Labute approximate surface area is 207 Å². The number of rotatable bonds is 7. The van der Waals surface area contributed by atoms with Gasteiger partial charge in [0, 0.05) is 18.8 Å². The summed E-state index contributed by atoms with van der Waals surface area (Å²) in [4.78, 5) is 49.8. The van der Waals surface area contributed by atoms with Gasteiger partial charge in [-0.15, -0.1) is 0 Å². The lowest BCUT2D eigenvalue weighted by Crippen LogP contribution is -2.58. The van der Waals surface area contributed by atoms with Crippen molar-refractivity contribution in [2.45, 2.75) is 82.5 Å². The minimum Gasteiger partial charge on any atom is -0.465 e. The average molecular weight is 511 g/mol. The Kier molecular flexibility index (Phi) is 5.43. The second-order valence-corrected chi connectivity index (χ2v) is 12.2. The molecule has 0 amide bonds. The summed E-state index contributed by atoms with van der Waals surface area (Å²) in [5, 5.41) is 0. The molecule has 0 N–H and O–H groups in total. The van der Waals surface area contributed by atoms with Gasteiger partial charge < -0.3 is 18.9 Å². The van der Waals surface area contributed by atoms with Crippen LogP contribution in [0, 0.1) is 47.3 Å². The number of alkyl halides is 2. The summed E-state index contributed by atoms with van der Waals surface area (Å²) in [5.41, 5.74) is -0.472. The molecule has 198 valence electrons. The molecule has 0 aromatic carbocycles. The minimum absolute atomic E-state index is 0.105. The number of carbonyl (C=O) groups is 4. The zero-order chi connectivity index (χ0) is 25.6. The lowest BCUT2D eigenvalue weighted by Gasteiger charge is -2.59. The van der Waals surface area contributed by atoms with Crippen LogP contribution in [0.3, 0.4) is 0 Å². The van der Waals surface area contributed by atoms with Gasteiger partial charge in [-0.2, -0.15) is 8.78 Å². The largest absolute Gasteiger partial charge is 0.465 e. The number of hydrogen-bond donors (Lipinski definition) is 0. The molecule has 8 nitrogen and oxygen atoms in total. The Balaban J connectivity index is 1.05. The molecule has 1 aliphatic heterocycles. The highest BCUT2D eigenvalue weighted by atomic mass is 19.3. The van der Waals surface area contributed by atoms with E-state index in [1.54, 1.807) is 0 Å². The number of fused-ring (bicyclic) bond motifs is 1. The summed E-state index contributed by atoms with van der Waals surface area (Å²) in [6.07, 6.45) is 4.01. The van der Waals surface area contributed by atoms with Crippen molar-refractivity contribution < 1.29 is 46.9 Å². The maximum atomic E-state index is 13.4. The van der Waals surface area contributed by atoms with Gasteiger partial charge in [-0.05, 0) is 69.1 Å². The molecule has 6 unspecified atom stereocenters. The van der Waals surface area contributed by atoms with Crippen molar-refractivity contribution in [3.8, 4) is 0 Å². The van der Waals surface area contributed by atoms with Gasteiger partial charge >= 0.3 is 29.8 Å². The first-order valence-electron chi connectivity index (χ1n) is 13.1. The molecular weight excluding hydrogens is 478 g/mol. The van der Waals surface area contributed by atoms with E-state index in [2.05, 4.69) is 0 Å². The third-order valence-electron chi connectivity index (χ3n) is 10.1. The van der Waals surface area contributed by atoms with Crippen molar-refractivity contribution in [2.75, 3.05) is 6.61 Å². The van der Waals surface area contributed by atoms with Crippen molar-refractivity contribution in [3.63, 3.8) is 0 Å². The molecule has 1 heterocycles. The Morgan fingerprint density at radius 1 is 1.03 bits per heavy atom. The molecule has 0 spiro atoms. The van der Waals surface area contributed by atoms with Gasteiger partial charge in [0.15, 0.2) is 0 Å². The topological polar surface area (TPSA) is 105 Å². The minimum atomic E-state index is -3.70. The molecule has 7 rings (SSSR count). The molecule has 10 heteroatoms. The zero-order valence-electron chi connectivity index (χ0n) is 20.5. The smallest absolute Gasteiger partial charge is 0.377 e. The van der Waals surface area contributed by atoms with Crippen LogP contribution in [0.1, 0.15) is 58.8 Å². The summed E-state index contributed by atoms with van der Waals surface area (Å²) in [6.45, 7) is 2.27. The molecule has 0 aromatic rings. The first-order chi connectivity index (χ1) is 17.0. The number of ether oxygens (including phenoxy) is 4. The molecular formula is C26H32F2O8. The molecule has 7 aliphatic rings. The quantitative estimate of drug-likeness (QED) is 0.380. The highest BCUT2D eigenvalue weighted by Crippen LogP contribution is 2.60. The predicted octanol–water partition coefficient (Wildman–Crippen LogP) is 3.05. The summed E-state index contributed by atoms with van der Waals surface area (Å²) in [5.74, 6) is -7.62. The van der Waals surface area contributed by atoms with Crippen LogP contribution in [0.5, 0.6) is 0 Å². The lowest BCUT2D eigenvalue weighted by molar-refractivity contribution is -0.204. The number of esters is 4. The second-order valence-electron chi connectivity index (χ2n) is 12.2. The maximum absolute atomic E-state index is 13.4. The van der Waals surface area contributed by atoms with Crippen LogP contribution >= 0.6 is 0 Å². The Hall–Kier alpha value is -2.26. The summed E-state index contributed by atoms with van der Waals surface area (Å²) in [6, 6.07) is 0. The molecule has 7 fully saturated rings. The van der Waals surface area contributed by atoms with E-state index < -0.39 is 65.4 Å². The van der Waals surface area contributed by atoms with Crippen LogP contribution in [0.25, 0.3) is 0 Å². The van der Waals surface area contributed by atoms with E-state index in [1.165, 1.54) is 6.42 Å². The van der Waals surface area contributed by atoms with E-state index in [1.807, 2.05) is 6.92 Å². The average Bonchev–Trinajstić information content (AvgIpc) is 3.40. The molecule has 6 aliphatic carbocycles. The van der Waals surface area contributed by atoms with E-state index in [0.29, 0.717) is 25.2 Å². The maximum Gasteiger partial charge on any atom is 0.377 e.